The Morgan fingerprint density at radius 2 is 1.66 bits per heavy atom. The lowest BCUT2D eigenvalue weighted by Crippen LogP contribution is -2.21. The molecule has 3 rings (SSSR count). The van der Waals surface area contributed by atoms with Crippen molar-refractivity contribution in [3.05, 3.63) is 47.5 Å². The number of carbonyl (C=O) groups is 1. The predicted molar refractivity (Wildman–Crippen MR) is 132 cm³/mol. The van der Waals surface area contributed by atoms with E-state index >= 15 is 0 Å². The van der Waals surface area contributed by atoms with Crippen molar-refractivity contribution < 1.29 is 14.7 Å². The quantitative estimate of drug-likeness (QED) is 0.239. The van der Waals surface area contributed by atoms with E-state index in [0.717, 1.165) is 39.4 Å². The second-order valence-electron chi connectivity index (χ2n) is 10.2. The van der Waals surface area contributed by atoms with Gasteiger partial charge in [0.05, 0.1) is 16.8 Å². The van der Waals surface area contributed by atoms with Crippen LogP contribution in [0.2, 0.25) is 0 Å². The fraction of sp³-hybridized carbons (Fsp3) is 0.462. The summed E-state index contributed by atoms with van der Waals surface area (Å²) in [6.45, 7) is 13.7. The van der Waals surface area contributed by atoms with Gasteiger partial charge in [-0.1, -0.05) is 53.7 Å². The maximum Gasteiger partial charge on any atom is 0.243 e. The molecule has 6 heteroatoms. The Bertz CT molecular complexity index is 1020. The number of hydroxylamine groups is 1. The summed E-state index contributed by atoms with van der Waals surface area (Å²) in [4.78, 5) is 16.1. The number of ether oxygens (including phenoxy) is 1. The number of thiazole rings is 1. The molecule has 0 saturated carbocycles. The molecule has 3 aromatic rings. The fourth-order valence-corrected chi connectivity index (χ4v) is 4.59. The van der Waals surface area contributed by atoms with Gasteiger partial charge >= 0.3 is 0 Å². The maximum absolute atomic E-state index is 11.2. The first-order valence-electron chi connectivity index (χ1n) is 11.1. The number of amides is 1. The second kappa shape index (κ2) is 9.59. The number of nitrogens with zero attached hydrogens (tertiary/aromatic N) is 1. The highest BCUT2D eigenvalue weighted by Crippen LogP contribution is 2.44. The molecule has 32 heavy (non-hydrogen) atoms. The first kappa shape index (κ1) is 24.2. The molecular formula is C26H34N2O3S. The Morgan fingerprint density at radius 1 is 1.03 bits per heavy atom. The predicted octanol–water partition coefficient (Wildman–Crippen LogP) is 6.61. The van der Waals surface area contributed by atoms with E-state index in [1.165, 1.54) is 4.70 Å². The van der Waals surface area contributed by atoms with Crippen molar-refractivity contribution in [3.63, 3.8) is 0 Å². The summed E-state index contributed by atoms with van der Waals surface area (Å²) in [5.41, 5.74) is 5.91. The first-order valence-corrected chi connectivity index (χ1v) is 11.9. The van der Waals surface area contributed by atoms with Crippen LogP contribution >= 0.6 is 11.3 Å². The number of para-hydroxylation sites is 1. The second-order valence-corrected chi connectivity index (χ2v) is 11.3. The Labute approximate surface area is 194 Å². The molecule has 0 saturated heterocycles. The summed E-state index contributed by atoms with van der Waals surface area (Å²) >= 11 is 1.71. The lowest BCUT2D eigenvalue weighted by atomic mass is 9.78. The minimum Gasteiger partial charge on any atom is -0.493 e. The SMILES string of the molecule is CC(C)(C)c1cc(-c2nc3ccccc3s2)cc(C(C)(C)C)c1OCCCCC(=O)NO. The minimum atomic E-state index is -0.365. The largest absolute Gasteiger partial charge is 0.493 e. The van der Waals surface area contributed by atoms with Gasteiger partial charge in [0, 0.05) is 23.1 Å². The van der Waals surface area contributed by atoms with Crippen molar-refractivity contribution >= 4 is 27.5 Å². The van der Waals surface area contributed by atoms with Crippen molar-refractivity contribution in [1.29, 1.82) is 0 Å². The third kappa shape index (κ3) is 5.67. The van der Waals surface area contributed by atoms with Crippen molar-refractivity contribution in [3.8, 4) is 16.3 Å². The fourth-order valence-electron chi connectivity index (χ4n) is 3.64. The molecule has 5 nitrogen and oxygen atoms in total. The monoisotopic (exact) mass is 454 g/mol. The molecule has 0 bridgehead atoms. The average molecular weight is 455 g/mol. The Morgan fingerprint density at radius 3 is 2.22 bits per heavy atom. The minimum absolute atomic E-state index is 0.112. The lowest BCUT2D eigenvalue weighted by molar-refractivity contribution is -0.129. The van der Waals surface area contributed by atoms with Crippen LogP contribution in [0, 0.1) is 0 Å². The van der Waals surface area contributed by atoms with Crippen molar-refractivity contribution in [2.24, 2.45) is 0 Å². The summed E-state index contributed by atoms with van der Waals surface area (Å²) in [6, 6.07) is 12.7. The summed E-state index contributed by atoms with van der Waals surface area (Å²) < 4.78 is 7.56. The van der Waals surface area contributed by atoms with E-state index in [9.17, 15) is 4.79 Å². The van der Waals surface area contributed by atoms with Crippen LogP contribution in [0.25, 0.3) is 20.8 Å². The molecule has 1 aromatic heterocycles. The number of fused-ring (bicyclic) bond motifs is 1. The van der Waals surface area contributed by atoms with E-state index in [-0.39, 0.29) is 23.2 Å². The Balaban J connectivity index is 2.00. The number of hydrogen-bond acceptors (Lipinski definition) is 5. The number of aromatic nitrogens is 1. The van der Waals surface area contributed by atoms with E-state index in [1.807, 2.05) is 12.1 Å². The first-order chi connectivity index (χ1) is 15.0. The molecule has 0 fully saturated rings. The molecule has 0 aliphatic heterocycles. The number of benzene rings is 2. The van der Waals surface area contributed by atoms with Crippen LogP contribution in [0.3, 0.4) is 0 Å². The van der Waals surface area contributed by atoms with Gasteiger partial charge in [-0.25, -0.2) is 10.5 Å². The zero-order valence-electron chi connectivity index (χ0n) is 19.9. The van der Waals surface area contributed by atoms with E-state index in [1.54, 1.807) is 16.8 Å². The zero-order valence-corrected chi connectivity index (χ0v) is 20.7. The smallest absolute Gasteiger partial charge is 0.243 e. The molecular weight excluding hydrogens is 420 g/mol. The Hall–Kier alpha value is -2.44. The molecule has 0 radical (unpaired) electrons. The van der Waals surface area contributed by atoms with Gasteiger partial charge in [-0.15, -0.1) is 11.3 Å². The number of unbranched alkanes of at least 4 members (excludes halogenated alkanes) is 1. The van der Waals surface area contributed by atoms with Gasteiger partial charge in [-0.05, 0) is 47.9 Å². The van der Waals surface area contributed by atoms with E-state index < -0.39 is 0 Å². The highest BCUT2D eigenvalue weighted by Gasteiger charge is 2.28. The molecule has 1 heterocycles. The molecule has 2 aromatic carbocycles. The molecule has 172 valence electrons. The highest BCUT2D eigenvalue weighted by molar-refractivity contribution is 7.21. The van der Waals surface area contributed by atoms with E-state index in [0.29, 0.717) is 13.0 Å². The van der Waals surface area contributed by atoms with Crippen molar-refractivity contribution in [2.75, 3.05) is 6.61 Å². The topological polar surface area (TPSA) is 71.5 Å². The average Bonchev–Trinajstić information content (AvgIpc) is 3.15. The van der Waals surface area contributed by atoms with Crippen molar-refractivity contribution in [1.82, 2.24) is 10.5 Å². The van der Waals surface area contributed by atoms with Crippen LogP contribution < -0.4 is 10.2 Å². The molecule has 2 N–H and O–H groups in total. The van der Waals surface area contributed by atoms with Crippen LogP contribution in [0.15, 0.2) is 36.4 Å². The number of carbonyl (C=O) groups excluding carboxylic acids is 1. The van der Waals surface area contributed by atoms with Gasteiger partial charge in [0.1, 0.15) is 10.8 Å². The van der Waals surface area contributed by atoms with Crippen LogP contribution in [-0.4, -0.2) is 22.7 Å². The third-order valence-corrected chi connectivity index (χ3v) is 6.50. The van der Waals surface area contributed by atoms with Crippen molar-refractivity contribution in [2.45, 2.75) is 71.6 Å². The summed E-state index contributed by atoms with van der Waals surface area (Å²) in [6.07, 6.45) is 1.68. The molecule has 0 atom stereocenters. The van der Waals surface area contributed by atoms with Crippen LogP contribution in [-0.2, 0) is 15.6 Å². The zero-order chi connectivity index (χ0) is 23.5. The van der Waals surface area contributed by atoms with E-state index in [4.69, 9.17) is 14.9 Å². The van der Waals surface area contributed by atoms with Crippen LogP contribution in [0.4, 0.5) is 0 Å². The molecule has 0 spiro atoms. The van der Waals surface area contributed by atoms with Gasteiger partial charge < -0.3 is 4.74 Å². The van der Waals surface area contributed by atoms with Gasteiger partial charge in [0.15, 0.2) is 0 Å². The number of hydrogen-bond donors (Lipinski definition) is 2. The third-order valence-electron chi connectivity index (χ3n) is 5.42. The van der Waals surface area contributed by atoms with Gasteiger partial charge in [-0.3, -0.25) is 10.0 Å². The number of nitrogens with one attached hydrogen (secondary N) is 1. The maximum atomic E-state index is 11.2. The molecule has 0 aliphatic carbocycles. The van der Waals surface area contributed by atoms with Gasteiger partial charge in [0.2, 0.25) is 5.91 Å². The molecule has 0 aliphatic rings. The highest BCUT2D eigenvalue weighted by atomic mass is 32.1. The number of rotatable bonds is 7. The summed E-state index contributed by atoms with van der Waals surface area (Å²) in [5, 5.41) is 9.67. The Kier molecular flexibility index (Phi) is 7.25. The standard InChI is InChI=1S/C26H34N2O3S/c1-25(2,3)18-15-17(24-27-20-11-7-8-12-21(20)32-24)16-19(26(4,5)6)23(18)31-14-10-9-13-22(29)28-30/h7-8,11-12,15-16,30H,9-10,13-14H2,1-6H3,(H,28,29). The molecule has 1 amide bonds. The molecule has 0 unspecified atom stereocenters. The summed E-state index contributed by atoms with van der Waals surface area (Å²) in [5.74, 6) is 0.567. The normalized spacial score (nSPS) is 12.2. The van der Waals surface area contributed by atoms with Gasteiger partial charge in [-0.2, -0.15) is 0 Å². The lowest BCUT2D eigenvalue weighted by Gasteiger charge is -2.30. The van der Waals surface area contributed by atoms with Crippen LogP contribution in [0.5, 0.6) is 5.75 Å². The van der Waals surface area contributed by atoms with Crippen LogP contribution in [0.1, 0.15) is 71.9 Å². The summed E-state index contributed by atoms with van der Waals surface area (Å²) in [7, 11) is 0. The van der Waals surface area contributed by atoms with Gasteiger partial charge in [0.25, 0.3) is 0 Å². The van der Waals surface area contributed by atoms with E-state index in [2.05, 4.69) is 65.8 Å².